The molecule has 0 spiro atoms. The second-order valence-corrected chi connectivity index (χ2v) is 7.64. The summed E-state index contributed by atoms with van der Waals surface area (Å²) in [5.74, 6) is 1.11. The lowest BCUT2D eigenvalue weighted by atomic mass is 9.95. The lowest BCUT2D eigenvalue weighted by molar-refractivity contribution is -0.143. The number of nitrogens with one attached hydrogen (secondary N) is 2. The van der Waals surface area contributed by atoms with Crippen molar-refractivity contribution in [1.29, 1.82) is 0 Å². The van der Waals surface area contributed by atoms with Crippen molar-refractivity contribution < 1.29 is 14.3 Å². The van der Waals surface area contributed by atoms with Gasteiger partial charge in [-0.05, 0) is 18.6 Å². The Labute approximate surface area is 191 Å². The van der Waals surface area contributed by atoms with E-state index in [9.17, 15) is 9.59 Å². The Morgan fingerprint density at radius 2 is 1.94 bits per heavy atom. The van der Waals surface area contributed by atoms with E-state index in [-0.39, 0.29) is 24.2 Å². The predicted octanol–water partition coefficient (Wildman–Crippen LogP) is 2.83. The zero-order valence-corrected chi connectivity index (χ0v) is 18.6. The van der Waals surface area contributed by atoms with Crippen molar-refractivity contribution >= 4 is 23.7 Å². The van der Waals surface area contributed by atoms with Gasteiger partial charge in [-0.25, -0.2) is 0 Å². The van der Waals surface area contributed by atoms with Crippen LogP contribution in [0.4, 0.5) is 5.95 Å². The smallest absolute Gasteiger partial charge is 0.325 e. The van der Waals surface area contributed by atoms with Gasteiger partial charge < -0.3 is 9.64 Å². The van der Waals surface area contributed by atoms with Gasteiger partial charge in [0.2, 0.25) is 11.9 Å². The fourth-order valence-electron chi connectivity index (χ4n) is 3.60. The third-order valence-electron chi connectivity index (χ3n) is 5.38. The summed E-state index contributed by atoms with van der Waals surface area (Å²) in [5.41, 5.74) is 2.22. The van der Waals surface area contributed by atoms with Gasteiger partial charge in [-0.15, -0.1) is 5.10 Å². The molecular weight excluding hydrogens is 420 g/mol. The Balaban J connectivity index is 1.44. The number of benzene rings is 2. The summed E-state index contributed by atoms with van der Waals surface area (Å²) in [5, 5.41) is 10.3. The Hall–Kier alpha value is -4.01. The maximum absolute atomic E-state index is 12.8. The van der Waals surface area contributed by atoms with Crippen LogP contribution in [0, 0.1) is 0 Å². The third-order valence-corrected chi connectivity index (χ3v) is 5.38. The molecule has 9 nitrogen and oxygen atoms in total. The molecule has 33 heavy (non-hydrogen) atoms. The summed E-state index contributed by atoms with van der Waals surface area (Å²) >= 11 is 0. The number of aromatic amines is 1. The molecule has 1 unspecified atom stereocenters. The molecule has 9 heteroatoms. The van der Waals surface area contributed by atoms with Crippen molar-refractivity contribution in [2.24, 2.45) is 4.99 Å². The SMILES string of the molecule is CCOC(=O)CN1CCN=C1Nc1n[nH]c(C(C)c2cccc(C(=O)c3ccccc3)c2)n1. The molecule has 170 valence electrons. The highest BCUT2D eigenvalue weighted by Gasteiger charge is 2.22. The summed E-state index contributed by atoms with van der Waals surface area (Å²) in [6.45, 7) is 5.44. The summed E-state index contributed by atoms with van der Waals surface area (Å²) in [7, 11) is 0. The molecule has 2 aromatic carbocycles. The number of carbonyl (C=O) groups is 2. The number of anilines is 1. The molecule has 1 aromatic heterocycles. The van der Waals surface area contributed by atoms with Gasteiger partial charge >= 0.3 is 5.97 Å². The highest BCUT2D eigenvalue weighted by molar-refractivity contribution is 6.09. The molecule has 2 N–H and O–H groups in total. The van der Waals surface area contributed by atoms with Gasteiger partial charge in [-0.3, -0.25) is 25.0 Å². The first-order valence-electron chi connectivity index (χ1n) is 10.9. The summed E-state index contributed by atoms with van der Waals surface area (Å²) in [4.78, 5) is 35.3. The lowest BCUT2D eigenvalue weighted by Gasteiger charge is -2.18. The van der Waals surface area contributed by atoms with E-state index < -0.39 is 0 Å². The van der Waals surface area contributed by atoms with Gasteiger partial charge in [0.15, 0.2) is 5.78 Å². The van der Waals surface area contributed by atoms with E-state index in [0.717, 1.165) is 5.56 Å². The van der Waals surface area contributed by atoms with E-state index in [4.69, 9.17) is 4.74 Å². The number of hydrogen-bond donors (Lipinski definition) is 2. The first kappa shape index (κ1) is 22.2. The van der Waals surface area contributed by atoms with Gasteiger partial charge in [-0.1, -0.05) is 55.5 Å². The number of ether oxygens (including phenoxy) is 1. The highest BCUT2D eigenvalue weighted by Crippen LogP contribution is 2.24. The van der Waals surface area contributed by atoms with Crippen molar-refractivity contribution in [2.75, 3.05) is 31.6 Å². The van der Waals surface area contributed by atoms with E-state index in [2.05, 4.69) is 25.5 Å². The van der Waals surface area contributed by atoms with Crippen molar-refractivity contribution in [2.45, 2.75) is 19.8 Å². The van der Waals surface area contributed by atoms with Crippen LogP contribution >= 0.6 is 0 Å². The molecule has 0 amide bonds. The molecule has 3 aromatic rings. The average Bonchev–Trinajstić information content (AvgIpc) is 3.49. The minimum Gasteiger partial charge on any atom is -0.465 e. The van der Waals surface area contributed by atoms with Crippen LogP contribution in [0.2, 0.25) is 0 Å². The molecule has 1 aliphatic rings. The maximum atomic E-state index is 12.8. The largest absolute Gasteiger partial charge is 0.465 e. The molecule has 0 radical (unpaired) electrons. The first-order chi connectivity index (χ1) is 16.0. The molecule has 0 saturated carbocycles. The van der Waals surface area contributed by atoms with Crippen molar-refractivity contribution in [3.8, 4) is 0 Å². The Morgan fingerprint density at radius 1 is 1.15 bits per heavy atom. The van der Waals surface area contributed by atoms with Crippen molar-refractivity contribution in [3.05, 3.63) is 77.1 Å². The minimum absolute atomic E-state index is 0.0227. The topological polar surface area (TPSA) is 113 Å². The molecular formula is C24H26N6O3. The number of aromatic nitrogens is 3. The molecule has 4 rings (SSSR count). The van der Waals surface area contributed by atoms with Crippen LogP contribution in [0.15, 0.2) is 59.6 Å². The molecule has 0 aliphatic carbocycles. The van der Waals surface area contributed by atoms with Gasteiger partial charge in [0, 0.05) is 23.6 Å². The van der Waals surface area contributed by atoms with E-state index in [1.54, 1.807) is 11.8 Å². The summed E-state index contributed by atoms with van der Waals surface area (Å²) < 4.78 is 5.02. The Morgan fingerprint density at radius 3 is 2.73 bits per heavy atom. The standard InChI is InChI=1S/C24H26N6O3/c1-3-33-20(31)15-30-13-12-25-24(30)27-23-26-22(28-29-23)16(2)18-10-7-11-19(14-18)21(32)17-8-5-4-6-9-17/h4-11,14,16H,3,12-13,15H2,1-2H3,(H2,25,26,27,28,29). The predicted molar refractivity (Wildman–Crippen MR) is 124 cm³/mol. The number of carbonyl (C=O) groups excluding carboxylic acids is 2. The van der Waals surface area contributed by atoms with Gasteiger partial charge in [0.25, 0.3) is 0 Å². The van der Waals surface area contributed by atoms with Crippen molar-refractivity contribution in [3.63, 3.8) is 0 Å². The van der Waals surface area contributed by atoms with Crippen molar-refractivity contribution in [1.82, 2.24) is 20.1 Å². The number of hydrogen-bond acceptors (Lipinski definition) is 8. The number of aliphatic imine (C=N–C) groups is 1. The molecule has 0 saturated heterocycles. The number of guanidine groups is 1. The van der Waals surface area contributed by atoms with E-state index in [1.807, 2.05) is 61.5 Å². The van der Waals surface area contributed by atoms with E-state index in [0.29, 0.717) is 48.6 Å². The van der Waals surface area contributed by atoms with Crippen LogP contribution in [-0.2, 0) is 9.53 Å². The Kier molecular flexibility index (Phi) is 6.77. The number of ketones is 1. The van der Waals surface area contributed by atoms with Gasteiger partial charge in [-0.2, -0.15) is 4.98 Å². The van der Waals surface area contributed by atoms with E-state index in [1.165, 1.54) is 0 Å². The lowest BCUT2D eigenvalue weighted by Crippen LogP contribution is -2.38. The van der Waals surface area contributed by atoms with Crippen LogP contribution in [0.5, 0.6) is 0 Å². The number of H-pyrrole nitrogens is 1. The Bertz CT molecular complexity index is 1160. The molecule has 2 heterocycles. The number of rotatable bonds is 8. The first-order valence-corrected chi connectivity index (χ1v) is 10.9. The zero-order valence-electron chi connectivity index (χ0n) is 18.6. The molecule has 1 aliphatic heterocycles. The quantitative estimate of drug-likeness (QED) is 0.404. The van der Waals surface area contributed by atoms with Crippen LogP contribution in [-0.4, -0.2) is 64.0 Å². The monoisotopic (exact) mass is 446 g/mol. The normalized spacial score (nSPS) is 14.0. The average molecular weight is 447 g/mol. The second kappa shape index (κ2) is 10.1. The third kappa shape index (κ3) is 5.25. The fourth-order valence-corrected chi connectivity index (χ4v) is 3.60. The number of nitrogens with zero attached hydrogens (tertiary/aromatic N) is 4. The van der Waals surface area contributed by atoms with E-state index >= 15 is 0 Å². The van der Waals surface area contributed by atoms with Gasteiger partial charge in [0.05, 0.1) is 13.2 Å². The summed E-state index contributed by atoms with van der Waals surface area (Å²) in [6.07, 6.45) is 0. The summed E-state index contributed by atoms with van der Waals surface area (Å²) in [6, 6.07) is 16.7. The van der Waals surface area contributed by atoms with Gasteiger partial charge in [0.1, 0.15) is 12.4 Å². The zero-order chi connectivity index (χ0) is 23.2. The maximum Gasteiger partial charge on any atom is 0.325 e. The fraction of sp³-hybridized carbons (Fsp3) is 0.292. The highest BCUT2D eigenvalue weighted by atomic mass is 16.5. The van der Waals surface area contributed by atoms with Crippen LogP contribution in [0.25, 0.3) is 0 Å². The van der Waals surface area contributed by atoms with Crippen LogP contribution in [0.3, 0.4) is 0 Å². The number of esters is 1. The molecule has 0 fully saturated rings. The second-order valence-electron chi connectivity index (χ2n) is 7.64. The minimum atomic E-state index is -0.303. The molecule has 0 bridgehead atoms. The van der Waals surface area contributed by atoms with Crippen LogP contribution in [0.1, 0.15) is 47.1 Å². The van der Waals surface area contributed by atoms with Crippen LogP contribution < -0.4 is 5.32 Å². The molecule has 1 atom stereocenters.